The Kier molecular flexibility index (Phi) is 6.12. The number of likely N-dealkylation sites (N-methyl/N-ethyl adjacent to an activating group) is 2. The number of nitrogens with zero attached hydrogens (tertiary/aromatic N) is 1. The predicted octanol–water partition coefficient (Wildman–Crippen LogP) is 1.75. The Morgan fingerprint density at radius 1 is 1.40 bits per heavy atom. The molecule has 0 aliphatic heterocycles. The van der Waals surface area contributed by atoms with Crippen LogP contribution in [0.25, 0.3) is 0 Å². The molecule has 0 spiro atoms. The Morgan fingerprint density at radius 3 is 2.93 bits per heavy atom. The lowest BCUT2D eigenvalue weighted by atomic mass is 10.2. The first kappa shape index (κ1) is 12.3. The molecule has 0 amide bonds. The van der Waals surface area contributed by atoms with E-state index in [4.69, 9.17) is 4.42 Å². The summed E-state index contributed by atoms with van der Waals surface area (Å²) in [4.78, 5) is 2.35. The SMILES string of the molecule is CCNCCN(C)CCCc1ccco1. The van der Waals surface area contributed by atoms with Gasteiger partial charge in [0.15, 0.2) is 0 Å². The van der Waals surface area contributed by atoms with Gasteiger partial charge in [0, 0.05) is 19.5 Å². The van der Waals surface area contributed by atoms with E-state index >= 15 is 0 Å². The van der Waals surface area contributed by atoms with Gasteiger partial charge in [-0.05, 0) is 38.7 Å². The van der Waals surface area contributed by atoms with Crippen LogP contribution < -0.4 is 5.32 Å². The van der Waals surface area contributed by atoms with Gasteiger partial charge in [-0.1, -0.05) is 6.92 Å². The van der Waals surface area contributed by atoms with Crippen molar-refractivity contribution in [2.75, 3.05) is 33.2 Å². The molecular formula is C12H22N2O. The summed E-state index contributed by atoms with van der Waals surface area (Å²) in [5.74, 6) is 1.09. The zero-order valence-electron chi connectivity index (χ0n) is 9.83. The van der Waals surface area contributed by atoms with Crippen LogP contribution in [0, 0.1) is 0 Å². The van der Waals surface area contributed by atoms with Crippen LogP contribution in [0.5, 0.6) is 0 Å². The van der Waals surface area contributed by atoms with Crippen molar-refractivity contribution in [3.05, 3.63) is 24.2 Å². The molecule has 0 unspecified atom stereocenters. The first-order chi connectivity index (χ1) is 7.33. The molecule has 0 atom stereocenters. The lowest BCUT2D eigenvalue weighted by Crippen LogP contribution is -2.29. The van der Waals surface area contributed by atoms with Crippen LogP contribution in [0.2, 0.25) is 0 Å². The van der Waals surface area contributed by atoms with Crippen molar-refractivity contribution in [1.82, 2.24) is 10.2 Å². The molecule has 0 saturated heterocycles. The average Bonchev–Trinajstić information content (AvgIpc) is 2.71. The van der Waals surface area contributed by atoms with E-state index in [0.717, 1.165) is 44.8 Å². The van der Waals surface area contributed by atoms with E-state index in [0.29, 0.717) is 0 Å². The summed E-state index contributed by atoms with van der Waals surface area (Å²) in [5.41, 5.74) is 0. The largest absolute Gasteiger partial charge is 0.469 e. The van der Waals surface area contributed by atoms with Crippen LogP contribution in [-0.2, 0) is 6.42 Å². The quantitative estimate of drug-likeness (QED) is 0.663. The third-order valence-electron chi connectivity index (χ3n) is 2.46. The van der Waals surface area contributed by atoms with E-state index in [-0.39, 0.29) is 0 Å². The Balaban J connectivity index is 1.99. The molecule has 1 rings (SSSR count). The maximum absolute atomic E-state index is 5.28. The van der Waals surface area contributed by atoms with Crippen molar-refractivity contribution in [3.63, 3.8) is 0 Å². The summed E-state index contributed by atoms with van der Waals surface area (Å²) in [7, 11) is 2.17. The summed E-state index contributed by atoms with van der Waals surface area (Å²) < 4.78 is 5.28. The van der Waals surface area contributed by atoms with E-state index in [1.54, 1.807) is 6.26 Å². The number of nitrogens with one attached hydrogen (secondary N) is 1. The molecule has 1 heterocycles. The first-order valence-electron chi connectivity index (χ1n) is 5.74. The fourth-order valence-electron chi connectivity index (χ4n) is 1.54. The van der Waals surface area contributed by atoms with Gasteiger partial charge in [0.2, 0.25) is 0 Å². The van der Waals surface area contributed by atoms with Crippen molar-refractivity contribution >= 4 is 0 Å². The zero-order chi connectivity index (χ0) is 10.9. The Bertz CT molecular complexity index is 234. The molecular weight excluding hydrogens is 188 g/mol. The second-order valence-electron chi connectivity index (χ2n) is 3.84. The highest BCUT2D eigenvalue weighted by Gasteiger charge is 1.99. The molecule has 1 aromatic rings. The number of hydrogen-bond donors (Lipinski definition) is 1. The van der Waals surface area contributed by atoms with Crippen LogP contribution in [0.1, 0.15) is 19.1 Å². The fraction of sp³-hybridized carbons (Fsp3) is 0.667. The molecule has 0 aliphatic carbocycles. The number of aryl methyl sites for hydroxylation is 1. The molecule has 0 saturated carbocycles. The molecule has 0 fully saturated rings. The molecule has 15 heavy (non-hydrogen) atoms. The van der Waals surface area contributed by atoms with Crippen LogP contribution >= 0.6 is 0 Å². The normalized spacial score (nSPS) is 11.1. The highest BCUT2D eigenvalue weighted by Crippen LogP contribution is 2.03. The highest BCUT2D eigenvalue weighted by molar-refractivity contribution is 4.97. The summed E-state index contributed by atoms with van der Waals surface area (Å²) in [6.45, 7) is 6.52. The monoisotopic (exact) mass is 210 g/mol. The molecule has 3 heteroatoms. The van der Waals surface area contributed by atoms with Gasteiger partial charge in [0.05, 0.1) is 6.26 Å². The van der Waals surface area contributed by atoms with Gasteiger partial charge in [-0.25, -0.2) is 0 Å². The lowest BCUT2D eigenvalue weighted by molar-refractivity contribution is 0.324. The maximum atomic E-state index is 5.28. The third-order valence-corrected chi connectivity index (χ3v) is 2.46. The number of furan rings is 1. The molecule has 86 valence electrons. The molecule has 1 aromatic heterocycles. The smallest absolute Gasteiger partial charge is 0.103 e. The highest BCUT2D eigenvalue weighted by atomic mass is 16.3. The topological polar surface area (TPSA) is 28.4 Å². The van der Waals surface area contributed by atoms with Gasteiger partial charge in [0.25, 0.3) is 0 Å². The van der Waals surface area contributed by atoms with Gasteiger partial charge < -0.3 is 14.6 Å². The van der Waals surface area contributed by atoms with E-state index in [2.05, 4.69) is 24.2 Å². The van der Waals surface area contributed by atoms with Crippen LogP contribution in [-0.4, -0.2) is 38.1 Å². The third kappa shape index (κ3) is 5.60. The fourth-order valence-corrected chi connectivity index (χ4v) is 1.54. The summed E-state index contributed by atoms with van der Waals surface area (Å²) >= 11 is 0. The van der Waals surface area contributed by atoms with E-state index in [1.807, 2.05) is 12.1 Å². The van der Waals surface area contributed by atoms with Crippen molar-refractivity contribution in [2.24, 2.45) is 0 Å². The molecule has 0 bridgehead atoms. The average molecular weight is 210 g/mol. The first-order valence-corrected chi connectivity index (χ1v) is 5.74. The Labute approximate surface area is 92.5 Å². The van der Waals surface area contributed by atoms with E-state index in [9.17, 15) is 0 Å². The minimum atomic E-state index is 1.04. The van der Waals surface area contributed by atoms with Crippen molar-refractivity contribution in [1.29, 1.82) is 0 Å². The summed E-state index contributed by atoms with van der Waals surface area (Å²) in [6.07, 6.45) is 3.94. The van der Waals surface area contributed by atoms with Gasteiger partial charge in [0.1, 0.15) is 5.76 Å². The zero-order valence-corrected chi connectivity index (χ0v) is 9.83. The van der Waals surface area contributed by atoms with Crippen LogP contribution in [0.3, 0.4) is 0 Å². The predicted molar refractivity (Wildman–Crippen MR) is 63.1 cm³/mol. The van der Waals surface area contributed by atoms with Gasteiger partial charge in [-0.15, -0.1) is 0 Å². The Morgan fingerprint density at radius 2 is 2.27 bits per heavy atom. The summed E-state index contributed by atoms with van der Waals surface area (Å²) in [6, 6.07) is 3.99. The van der Waals surface area contributed by atoms with Crippen LogP contribution in [0.4, 0.5) is 0 Å². The van der Waals surface area contributed by atoms with Gasteiger partial charge in [-0.3, -0.25) is 0 Å². The summed E-state index contributed by atoms with van der Waals surface area (Å²) in [5, 5.41) is 3.32. The maximum Gasteiger partial charge on any atom is 0.103 e. The standard InChI is InChI=1S/C12H22N2O/c1-3-13-8-10-14(2)9-4-6-12-7-5-11-15-12/h5,7,11,13H,3-4,6,8-10H2,1-2H3. The molecule has 1 N–H and O–H groups in total. The lowest BCUT2D eigenvalue weighted by Gasteiger charge is -2.15. The second-order valence-corrected chi connectivity index (χ2v) is 3.84. The molecule has 0 aliphatic rings. The van der Waals surface area contributed by atoms with Crippen molar-refractivity contribution in [3.8, 4) is 0 Å². The number of rotatable bonds is 8. The van der Waals surface area contributed by atoms with Crippen LogP contribution in [0.15, 0.2) is 22.8 Å². The minimum Gasteiger partial charge on any atom is -0.469 e. The van der Waals surface area contributed by atoms with Crippen molar-refractivity contribution < 1.29 is 4.42 Å². The van der Waals surface area contributed by atoms with Crippen molar-refractivity contribution in [2.45, 2.75) is 19.8 Å². The minimum absolute atomic E-state index is 1.04. The van der Waals surface area contributed by atoms with E-state index < -0.39 is 0 Å². The molecule has 0 radical (unpaired) electrons. The molecule has 3 nitrogen and oxygen atoms in total. The molecule has 0 aromatic carbocycles. The Hall–Kier alpha value is -0.800. The van der Waals surface area contributed by atoms with Gasteiger partial charge >= 0.3 is 0 Å². The van der Waals surface area contributed by atoms with Gasteiger partial charge in [-0.2, -0.15) is 0 Å². The number of hydrogen-bond acceptors (Lipinski definition) is 3. The van der Waals surface area contributed by atoms with E-state index in [1.165, 1.54) is 0 Å². The second kappa shape index (κ2) is 7.49.